The Morgan fingerprint density at radius 1 is 0.500 bits per heavy atom. The first-order valence-electron chi connectivity index (χ1n) is 17.1. The Morgan fingerprint density at radius 3 is 1.05 bits per heavy atom. The summed E-state index contributed by atoms with van der Waals surface area (Å²) < 4.78 is 0. The lowest BCUT2D eigenvalue weighted by Gasteiger charge is -2.12. The molecule has 294 valence electrons. The summed E-state index contributed by atoms with van der Waals surface area (Å²) in [6.07, 6.45) is 1.24. The van der Waals surface area contributed by atoms with Crippen molar-refractivity contribution in [1.82, 2.24) is 21.7 Å². The van der Waals surface area contributed by atoms with Crippen LogP contribution in [0, 0.1) is 21.6 Å². The van der Waals surface area contributed by atoms with Crippen LogP contribution in [-0.4, -0.2) is 58.5 Å². The molecular weight excluding hydrogens is 717 g/mol. The zero-order valence-electron chi connectivity index (χ0n) is 31.5. The number of nitrogens with zero attached hydrogens (tertiary/aromatic N) is 4. The SMILES string of the molecule is C/C(=N\NC(=N)N)c1cc(NC(=O)CCc2cccc(CCC(=O)Nc3cc(/C(C)=N/NC(=N)N)cc(/C(C)=N/NC(=N)N)c3)c2)cc(/C(C)=N/NC(=N)N)c1. The quantitative estimate of drug-likeness (QED) is 0.0568. The van der Waals surface area contributed by atoms with Gasteiger partial charge in [-0.05, 0) is 88.1 Å². The highest BCUT2D eigenvalue weighted by Crippen LogP contribution is 2.20. The van der Waals surface area contributed by atoms with E-state index in [-0.39, 0.29) is 48.5 Å². The van der Waals surface area contributed by atoms with E-state index in [9.17, 15) is 9.59 Å². The van der Waals surface area contributed by atoms with E-state index >= 15 is 0 Å². The van der Waals surface area contributed by atoms with Crippen molar-refractivity contribution in [1.29, 1.82) is 21.6 Å². The molecule has 3 aromatic carbocycles. The molecule has 0 aliphatic rings. The van der Waals surface area contributed by atoms with Gasteiger partial charge in [-0.25, -0.2) is 21.7 Å². The summed E-state index contributed by atoms with van der Waals surface area (Å²) in [5, 5.41) is 51.8. The fraction of sp³-hybridized carbons (Fsp3) is 0.222. The van der Waals surface area contributed by atoms with Gasteiger partial charge in [0.1, 0.15) is 0 Å². The number of amides is 2. The molecule has 0 aliphatic carbocycles. The lowest BCUT2D eigenvalue weighted by atomic mass is 10.0. The van der Waals surface area contributed by atoms with E-state index in [0.717, 1.165) is 11.1 Å². The van der Waals surface area contributed by atoms with Crippen molar-refractivity contribution in [3.63, 3.8) is 0 Å². The second-order valence-electron chi connectivity index (χ2n) is 12.4. The minimum Gasteiger partial charge on any atom is -0.369 e. The van der Waals surface area contributed by atoms with Gasteiger partial charge >= 0.3 is 0 Å². The molecule has 0 fully saturated rings. The van der Waals surface area contributed by atoms with Gasteiger partial charge in [-0.1, -0.05) is 24.3 Å². The predicted molar refractivity (Wildman–Crippen MR) is 222 cm³/mol. The predicted octanol–water partition coefficient (Wildman–Crippen LogP) is 1.66. The number of carbonyl (C=O) groups is 2. The molecule has 0 atom stereocenters. The Bertz CT molecular complexity index is 1870. The minimum atomic E-state index is -0.328. The van der Waals surface area contributed by atoms with Gasteiger partial charge in [0.05, 0.1) is 22.8 Å². The van der Waals surface area contributed by atoms with E-state index in [1.807, 2.05) is 24.3 Å². The highest BCUT2D eigenvalue weighted by molar-refractivity contribution is 6.07. The van der Waals surface area contributed by atoms with Crippen molar-refractivity contribution >= 4 is 69.9 Å². The largest absolute Gasteiger partial charge is 0.369 e. The summed E-state index contributed by atoms with van der Waals surface area (Å²) in [5.41, 5.74) is 38.5. The highest BCUT2D eigenvalue weighted by Gasteiger charge is 2.13. The number of hydrazone groups is 4. The van der Waals surface area contributed by atoms with Gasteiger partial charge in [0.15, 0.2) is 0 Å². The van der Waals surface area contributed by atoms with Crippen LogP contribution in [0.15, 0.2) is 81.1 Å². The number of rotatable bonds is 16. The van der Waals surface area contributed by atoms with Crippen molar-refractivity contribution in [3.05, 3.63) is 94.0 Å². The van der Waals surface area contributed by atoms with Crippen molar-refractivity contribution in [2.75, 3.05) is 10.6 Å². The number of aryl methyl sites for hydroxylation is 2. The molecule has 3 aromatic rings. The van der Waals surface area contributed by atoms with Crippen LogP contribution >= 0.6 is 0 Å². The van der Waals surface area contributed by atoms with Crippen molar-refractivity contribution in [2.24, 2.45) is 43.3 Å². The van der Waals surface area contributed by atoms with E-state index < -0.39 is 0 Å². The van der Waals surface area contributed by atoms with E-state index in [4.69, 9.17) is 44.6 Å². The third-order valence-corrected chi connectivity index (χ3v) is 7.75. The molecule has 0 aliphatic heterocycles. The average molecular weight is 765 g/mol. The Labute approximate surface area is 323 Å². The maximum absolute atomic E-state index is 13.1. The molecule has 0 bridgehead atoms. The smallest absolute Gasteiger partial charge is 0.224 e. The number of benzene rings is 3. The zero-order chi connectivity index (χ0) is 41.4. The van der Waals surface area contributed by atoms with Gasteiger partial charge in [0.25, 0.3) is 0 Å². The van der Waals surface area contributed by atoms with Gasteiger partial charge < -0.3 is 33.6 Å². The standard InChI is InChI=1S/C36H48N18O2/c1-19(47-51-33(37)38)25-13-26(20(2)48-52-34(39)40)16-29(15-25)45-31(55)10-8-23-6-5-7-24(12-23)9-11-32(56)46-30-17-27(21(3)49-53-35(41)42)14-28(18-30)22(4)50-54-36(43)44/h5-7,12-18H,8-11H2,1-4H3,(H,45,55)(H,46,56)(H4,37,38,51)(H4,39,40,52)(H4,41,42,53)(H4,43,44,54)/b47-19+,48-20+,49-21+,50-22+. The maximum Gasteiger partial charge on any atom is 0.224 e. The summed E-state index contributed by atoms with van der Waals surface area (Å²) in [5.74, 6) is -1.78. The lowest BCUT2D eigenvalue weighted by molar-refractivity contribution is -0.117. The molecule has 0 saturated carbocycles. The van der Waals surface area contributed by atoms with Crippen LogP contribution < -0.4 is 55.3 Å². The number of hydrogen-bond donors (Lipinski definition) is 14. The molecule has 0 unspecified atom stereocenters. The molecule has 0 heterocycles. The summed E-state index contributed by atoms with van der Waals surface area (Å²) in [4.78, 5) is 26.3. The molecule has 3 rings (SSSR count). The zero-order valence-corrected chi connectivity index (χ0v) is 31.5. The van der Waals surface area contributed by atoms with Crippen molar-refractivity contribution < 1.29 is 9.59 Å². The van der Waals surface area contributed by atoms with Gasteiger partial charge in [0.2, 0.25) is 35.7 Å². The molecule has 0 spiro atoms. The fourth-order valence-electron chi connectivity index (χ4n) is 4.97. The Kier molecular flexibility index (Phi) is 15.7. The average Bonchev–Trinajstić information content (AvgIpc) is 3.15. The summed E-state index contributed by atoms with van der Waals surface area (Å²) in [6.45, 7) is 6.86. The maximum atomic E-state index is 13.1. The summed E-state index contributed by atoms with van der Waals surface area (Å²) in [7, 11) is 0. The highest BCUT2D eigenvalue weighted by atomic mass is 16.2. The van der Waals surface area contributed by atoms with Crippen molar-refractivity contribution in [3.8, 4) is 0 Å². The van der Waals surface area contributed by atoms with E-state index in [2.05, 4.69) is 52.7 Å². The molecule has 20 nitrogen and oxygen atoms in total. The normalized spacial score (nSPS) is 11.9. The van der Waals surface area contributed by atoms with Crippen LogP contribution in [0.1, 0.15) is 73.9 Å². The van der Waals surface area contributed by atoms with E-state index in [0.29, 0.717) is 69.3 Å². The van der Waals surface area contributed by atoms with Gasteiger partial charge in [-0.15, -0.1) is 0 Å². The lowest BCUT2D eigenvalue weighted by Crippen LogP contribution is -2.27. The Balaban J connectivity index is 1.69. The molecule has 2 amide bonds. The topological polar surface area (TPSA) is 355 Å². The van der Waals surface area contributed by atoms with Crippen molar-refractivity contribution in [2.45, 2.75) is 53.4 Å². The van der Waals surface area contributed by atoms with Crippen LogP contribution in [0.25, 0.3) is 0 Å². The molecule has 20 heteroatoms. The number of anilines is 2. The second-order valence-corrected chi connectivity index (χ2v) is 12.4. The van der Waals surface area contributed by atoms with Crippen LogP contribution in [0.3, 0.4) is 0 Å². The molecule has 56 heavy (non-hydrogen) atoms. The number of guanidine groups is 4. The first-order chi connectivity index (χ1) is 26.5. The number of nitrogens with one attached hydrogen (secondary N) is 10. The molecular formula is C36H48N18O2. The molecule has 0 radical (unpaired) electrons. The second kappa shape index (κ2) is 20.6. The Morgan fingerprint density at radius 2 is 0.786 bits per heavy atom. The third-order valence-electron chi connectivity index (χ3n) is 7.75. The summed E-state index contributed by atoms with van der Waals surface area (Å²) >= 11 is 0. The van der Waals surface area contributed by atoms with Crippen LogP contribution in [-0.2, 0) is 22.4 Å². The van der Waals surface area contributed by atoms with Gasteiger partial charge in [-0.3, -0.25) is 31.2 Å². The molecule has 0 aromatic heterocycles. The van der Waals surface area contributed by atoms with Crippen LogP contribution in [0.2, 0.25) is 0 Å². The molecule has 18 N–H and O–H groups in total. The first kappa shape index (κ1) is 42.8. The van der Waals surface area contributed by atoms with E-state index in [1.165, 1.54) is 0 Å². The third kappa shape index (κ3) is 14.8. The number of nitrogens with two attached hydrogens (primary N) is 4. The monoisotopic (exact) mass is 764 g/mol. The van der Waals surface area contributed by atoms with Gasteiger partial charge in [0, 0.05) is 46.5 Å². The number of hydrogen-bond acceptors (Lipinski definition) is 10. The Hall–Kier alpha value is -7.64. The van der Waals surface area contributed by atoms with Crippen LogP contribution in [0.4, 0.5) is 11.4 Å². The van der Waals surface area contributed by atoms with Crippen LogP contribution in [0.5, 0.6) is 0 Å². The molecule has 0 saturated heterocycles. The minimum absolute atomic E-state index is 0.176. The first-order valence-corrected chi connectivity index (χ1v) is 17.1. The number of carbonyl (C=O) groups excluding carboxylic acids is 2. The summed E-state index contributed by atoms with van der Waals surface area (Å²) in [6, 6.07) is 18.2. The van der Waals surface area contributed by atoms with E-state index in [1.54, 1.807) is 64.1 Å². The van der Waals surface area contributed by atoms with Gasteiger partial charge in [-0.2, -0.15) is 20.4 Å². The fourth-order valence-corrected chi connectivity index (χ4v) is 4.97.